The first-order chi connectivity index (χ1) is 15.4. The van der Waals surface area contributed by atoms with Crippen LogP contribution in [-0.2, 0) is 4.79 Å². The minimum atomic E-state index is -0.346. The van der Waals surface area contributed by atoms with E-state index in [0.717, 1.165) is 11.1 Å². The summed E-state index contributed by atoms with van der Waals surface area (Å²) in [4.78, 5) is 25.3. The zero-order valence-corrected chi connectivity index (χ0v) is 17.8. The molecular formula is C27H22O5. The van der Waals surface area contributed by atoms with E-state index in [1.165, 1.54) is 5.56 Å². The van der Waals surface area contributed by atoms with Gasteiger partial charge in [-0.05, 0) is 52.9 Å². The topological polar surface area (TPSA) is 72.8 Å². The van der Waals surface area contributed by atoms with Gasteiger partial charge in [-0.2, -0.15) is 0 Å². The number of phenolic OH excluding ortho intramolecular Hbond substituents is 1. The molecule has 0 saturated heterocycles. The number of Topliss-reactive ketones (excluding diaryl/α,β-unsaturated/α-hetero) is 1. The first-order valence-corrected chi connectivity index (χ1v) is 10.6. The van der Waals surface area contributed by atoms with Crippen LogP contribution in [0.25, 0.3) is 6.08 Å². The van der Waals surface area contributed by atoms with Crippen LogP contribution in [0.4, 0.5) is 0 Å². The molecule has 0 saturated carbocycles. The van der Waals surface area contributed by atoms with Crippen LogP contribution in [-0.4, -0.2) is 16.9 Å². The standard InChI is InChI=1S/C27H22O5/c1-15(2)17-5-3-16(4-6-17)13-23-26(30)20-11-12-22-25(27(20)32-23)21(14-24(29)31-22)18-7-9-19(28)10-8-18/h3-13,15,21,28H,14H2,1-2H3/b23-13-/t21-/m1/s1. The Bertz CT molecular complexity index is 1250. The molecule has 160 valence electrons. The van der Waals surface area contributed by atoms with Gasteiger partial charge in [0, 0.05) is 11.5 Å². The number of fused-ring (bicyclic) bond motifs is 3. The quantitative estimate of drug-likeness (QED) is 0.337. The molecule has 32 heavy (non-hydrogen) atoms. The monoisotopic (exact) mass is 426 g/mol. The summed E-state index contributed by atoms with van der Waals surface area (Å²) >= 11 is 0. The van der Waals surface area contributed by atoms with E-state index in [-0.39, 0.29) is 35.6 Å². The van der Waals surface area contributed by atoms with Crippen LogP contribution in [0.1, 0.15) is 64.7 Å². The van der Waals surface area contributed by atoms with Gasteiger partial charge in [0.15, 0.2) is 5.76 Å². The third-order valence-corrected chi connectivity index (χ3v) is 5.98. The van der Waals surface area contributed by atoms with E-state index < -0.39 is 0 Å². The Kier molecular flexibility index (Phi) is 4.82. The fraction of sp³-hybridized carbons (Fsp3) is 0.185. The number of carbonyl (C=O) groups excluding carboxylic acids is 2. The molecule has 0 aromatic heterocycles. The first-order valence-electron chi connectivity index (χ1n) is 10.6. The molecule has 0 amide bonds. The maximum Gasteiger partial charge on any atom is 0.312 e. The molecule has 5 nitrogen and oxygen atoms in total. The van der Waals surface area contributed by atoms with Crippen LogP contribution < -0.4 is 9.47 Å². The highest BCUT2D eigenvalue weighted by Crippen LogP contribution is 2.49. The van der Waals surface area contributed by atoms with Gasteiger partial charge in [0.2, 0.25) is 5.78 Å². The van der Waals surface area contributed by atoms with Crippen molar-refractivity contribution in [3.8, 4) is 17.2 Å². The highest BCUT2D eigenvalue weighted by atomic mass is 16.5. The maximum atomic E-state index is 13.1. The Morgan fingerprint density at radius 3 is 2.34 bits per heavy atom. The molecule has 0 fully saturated rings. The number of hydrogen-bond donors (Lipinski definition) is 1. The summed E-state index contributed by atoms with van der Waals surface area (Å²) in [7, 11) is 0. The predicted octanol–water partition coefficient (Wildman–Crippen LogP) is 5.57. The van der Waals surface area contributed by atoms with E-state index in [0.29, 0.717) is 28.5 Å². The van der Waals surface area contributed by atoms with E-state index in [2.05, 4.69) is 13.8 Å². The van der Waals surface area contributed by atoms with Gasteiger partial charge >= 0.3 is 5.97 Å². The van der Waals surface area contributed by atoms with Gasteiger partial charge in [-0.3, -0.25) is 9.59 Å². The number of benzene rings is 3. The Morgan fingerprint density at radius 1 is 0.938 bits per heavy atom. The molecule has 2 heterocycles. The predicted molar refractivity (Wildman–Crippen MR) is 120 cm³/mol. The lowest BCUT2D eigenvalue weighted by molar-refractivity contribution is -0.135. The zero-order valence-electron chi connectivity index (χ0n) is 17.8. The number of esters is 1. The summed E-state index contributed by atoms with van der Waals surface area (Å²) in [5, 5.41) is 9.65. The number of allylic oxidation sites excluding steroid dienone is 1. The summed E-state index contributed by atoms with van der Waals surface area (Å²) < 4.78 is 11.5. The molecule has 1 N–H and O–H groups in total. The lowest BCUT2D eigenvalue weighted by Gasteiger charge is -2.26. The van der Waals surface area contributed by atoms with E-state index in [1.807, 2.05) is 24.3 Å². The van der Waals surface area contributed by atoms with Crippen molar-refractivity contribution in [2.45, 2.75) is 32.1 Å². The largest absolute Gasteiger partial charge is 0.508 e. The molecule has 5 heteroatoms. The Hall–Kier alpha value is -3.86. The maximum absolute atomic E-state index is 13.1. The van der Waals surface area contributed by atoms with Crippen LogP contribution >= 0.6 is 0 Å². The van der Waals surface area contributed by atoms with E-state index in [4.69, 9.17) is 9.47 Å². The van der Waals surface area contributed by atoms with E-state index in [1.54, 1.807) is 42.5 Å². The van der Waals surface area contributed by atoms with Gasteiger partial charge in [-0.15, -0.1) is 0 Å². The van der Waals surface area contributed by atoms with Gasteiger partial charge in [-0.1, -0.05) is 50.2 Å². The fourth-order valence-electron chi connectivity index (χ4n) is 4.23. The Balaban J connectivity index is 1.55. The van der Waals surface area contributed by atoms with Crippen molar-refractivity contribution >= 4 is 17.8 Å². The van der Waals surface area contributed by atoms with Gasteiger partial charge < -0.3 is 14.6 Å². The molecule has 0 spiro atoms. The minimum Gasteiger partial charge on any atom is -0.508 e. The molecule has 2 aliphatic rings. The number of hydrogen-bond acceptors (Lipinski definition) is 5. The molecular weight excluding hydrogens is 404 g/mol. The molecule has 0 unspecified atom stereocenters. The van der Waals surface area contributed by atoms with Gasteiger partial charge in [0.1, 0.15) is 17.2 Å². The minimum absolute atomic E-state index is 0.126. The van der Waals surface area contributed by atoms with E-state index in [9.17, 15) is 14.7 Å². The first kappa shape index (κ1) is 20.1. The van der Waals surface area contributed by atoms with Gasteiger partial charge in [0.05, 0.1) is 12.0 Å². The summed E-state index contributed by atoms with van der Waals surface area (Å²) in [6, 6.07) is 18.0. The average Bonchev–Trinajstić information content (AvgIpc) is 3.09. The second kappa shape index (κ2) is 7.68. The highest BCUT2D eigenvalue weighted by Gasteiger charge is 2.38. The van der Waals surface area contributed by atoms with Crippen molar-refractivity contribution in [2.24, 2.45) is 0 Å². The van der Waals surface area contributed by atoms with Crippen LogP contribution in [0.3, 0.4) is 0 Å². The number of rotatable bonds is 3. The smallest absolute Gasteiger partial charge is 0.312 e. The molecule has 0 bridgehead atoms. The van der Waals surface area contributed by atoms with Crippen LogP contribution in [0.2, 0.25) is 0 Å². The summed E-state index contributed by atoms with van der Waals surface area (Å²) in [6.07, 6.45) is 1.87. The third-order valence-electron chi connectivity index (χ3n) is 5.98. The van der Waals surface area contributed by atoms with Crippen molar-refractivity contribution in [3.05, 3.63) is 94.2 Å². The van der Waals surface area contributed by atoms with Crippen molar-refractivity contribution in [2.75, 3.05) is 0 Å². The number of aromatic hydroxyl groups is 1. The van der Waals surface area contributed by atoms with Crippen molar-refractivity contribution in [1.82, 2.24) is 0 Å². The Morgan fingerprint density at radius 2 is 1.66 bits per heavy atom. The highest BCUT2D eigenvalue weighted by molar-refractivity contribution is 6.15. The molecule has 0 aliphatic carbocycles. The van der Waals surface area contributed by atoms with Crippen LogP contribution in [0, 0.1) is 0 Å². The van der Waals surface area contributed by atoms with Crippen LogP contribution in [0.5, 0.6) is 17.2 Å². The summed E-state index contributed by atoms with van der Waals surface area (Å²) in [5.41, 5.74) is 4.07. The van der Waals surface area contributed by atoms with Crippen molar-refractivity contribution < 1.29 is 24.2 Å². The summed E-state index contributed by atoms with van der Waals surface area (Å²) in [5.74, 6) is 0.767. The lowest BCUT2D eigenvalue weighted by Crippen LogP contribution is -2.21. The molecule has 3 aromatic carbocycles. The van der Waals surface area contributed by atoms with Gasteiger partial charge in [0.25, 0.3) is 0 Å². The Labute approximate surface area is 185 Å². The molecule has 5 rings (SSSR count). The summed E-state index contributed by atoms with van der Waals surface area (Å²) in [6.45, 7) is 4.27. The molecule has 0 radical (unpaired) electrons. The molecule has 2 aliphatic heterocycles. The molecule has 3 aromatic rings. The number of carbonyl (C=O) groups is 2. The molecule has 1 atom stereocenters. The number of ether oxygens (including phenoxy) is 2. The normalized spacial score (nSPS) is 18.3. The fourth-order valence-corrected chi connectivity index (χ4v) is 4.23. The van der Waals surface area contributed by atoms with Crippen molar-refractivity contribution in [3.63, 3.8) is 0 Å². The third kappa shape index (κ3) is 3.46. The SMILES string of the molecule is CC(C)c1ccc(/C=C2\Oc3c(ccc4c3[C@@H](c3ccc(O)cc3)CC(=O)O4)C2=O)cc1. The number of phenols is 1. The van der Waals surface area contributed by atoms with Crippen LogP contribution in [0.15, 0.2) is 66.4 Å². The van der Waals surface area contributed by atoms with E-state index >= 15 is 0 Å². The lowest BCUT2D eigenvalue weighted by atomic mass is 9.84. The average molecular weight is 426 g/mol. The van der Waals surface area contributed by atoms with Gasteiger partial charge in [-0.25, -0.2) is 0 Å². The number of ketones is 1. The second-order valence-corrected chi connectivity index (χ2v) is 8.44. The zero-order chi connectivity index (χ0) is 22.4. The second-order valence-electron chi connectivity index (χ2n) is 8.44. The van der Waals surface area contributed by atoms with Crippen molar-refractivity contribution in [1.29, 1.82) is 0 Å².